The van der Waals surface area contributed by atoms with E-state index in [2.05, 4.69) is 10.6 Å². The van der Waals surface area contributed by atoms with Gasteiger partial charge in [-0.15, -0.1) is 0 Å². The van der Waals surface area contributed by atoms with Crippen molar-refractivity contribution < 1.29 is 9.90 Å². The Balaban J connectivity index is 2.06. The summed E-state index contributed by atoms with van der Waals surface area (Å²) in [6, 6.07) is 7.03. The Morgan fingerprint density at radius 3 is 2.47 bits per heavy atom. The fraction of sp³-hybridized carbons (Fsp3) is 0.500. The zero-order valence-corrected chi connectivity index (χ0v) is 11.7. The van der Waals surface area contributed by atoms with Crippen LogP contribution in [0.5, 0.6) is 0 Å². The van der Waals surface area contributed by atoms with E-state index < -0.39 is 0 Å². The number of aliphatic hydroxyl groups excluding tert-OH is 1. The second-order valence-corrected chi connectivity index (χ2v) is 4.81. The van der Waals surface area contributed by atoms with Crippen molar-refractivity contribution in [2.75, 3.05) is 25.0 Å². The maximum Gasteiger partial charge on any atom is 0.238 e. The van der Waals surface area contributed by atoms with Crippen LogP contribution >= 0.6 is 11.6 Å². The van der Waals surface area contributed by atoms with Crippen LogP contribution in [0.2, 0.25) is 5.02 Å². The molecule has 1 amide bonds. The van der Waals surface area contributed by atoms with Gasteiger partial charge in [-0.25, -0.2) is 0 Å². The van der Waals surface area contributed by atoms with Gasteiger partial charge in [-0.1, -0.05) is 24.4 Å². The summed E-state index contributed by atoms with van der Waals surface area (Å²) in [5.41, 5.74) is 0.749. The Bertz CT molecular complexity index is 368. The predicted molar refractivity (Wildman–Crippen MR) is 78.5 cm³/mol. The number of hydrogen-bond acceptors (Lipinski definition) is 3. The number of benzene rings is 1. The van der Waals surface area contributed by atoms with Crippen molar-refractivity contribution in [3.05, 3.63) is 29.3 Å². The van der Waals surface area contributed by atoms with E-state index in [0.717, 1.165) is 37.9 Å². The van der Waals surface area contributed by atoms with Gasteiger partial charge in [0, 0.05) is 17.3 Å². The van der Waals surface area contributed by atoms with Crippen LogP contribution in [0.15, 0.2) is 24.3 Å². The highest BCUT2D eigenvalue weighted by molar-refractivity contribution is 6.30. The van der Waals surface area contributed by atoms with Gasteiger partial charge in [0.2, 0.25) is 5.91 Å². The molecule has 0 heterocycles. The molecule has 3 N–H and O–H groups in total. The molecule has 0 bridgehead atoms. The number of carbonyl (C=O) groups is 1. The number of nitrogens with one attached hydrogen (secondary N) is 2. The van der Waals surface area contributed by atoms with Crippen molar-refractivity contribution >= 4 is 23.2 Å². The molecule has 0 unspecified atom stereocenters. The van der Waals surface area contributed by atoms with Crippen LogP contribution in [0.1, 0.15) is 25.7 Å². The average Bonchev–Trinajstić information content (AvgIpc) is 2.40. The summed E-state index contributed by atoms with van der Waals surface area (Å²) in [6.45, 7) is 1.39. The molecule has 0 radical (unpaired) electrons. The first-order chi connectivity index (χ1) is 9.22. The maximum absolute atomic E-state index is 11.6. The normalized spacial score (nSPS) is 10.4. The third-order valence-corrected chi connectivity index (χ3v) is 2.93. The summed E-state index contributed by atoms with van der Waals surface area (Å²) in [6.07, 6.45) is 3.99. The first kappa shape index (κ1) is 16.0. The van der Waals surface area contributed by atoms with Crippen molar-refractivity contribution in [2.45, 2.75) is 25.7 Å². The van der Waals surface area contributed by atoms with E-state index in [0.29, 0.717) is 11.6 Å². The van der Waals surface area contributed by atoms with Gasteiger partial charge in [0.05, 0.1) is 6.54 Å². The van der Waals surface area contributed by atoms with Crippen molar-refractivity contribution in [1.29, 1.82) is 0 Å². The minimum Gasteiger partial charge on any atom is -0.396 e. The van der Waals surface area contributed by atoms with E-state index in [1.807, 2.05) is 0 Å². The third-order valence-electron chi connectivity index (χ3n) is 2.68. The average molecular weight is 285 g/mol. The predicted octanol–water partition coefficient (Wildman–Crippen LogP) is 2.42. The summed E-state index contributed by atoms with van der Waals surface area (Å²) in [5, 5.41) is 15.2. The first-order valence-electron chi connectivity index (χ1n) is 6.59. The second kappa shape index (κ2) is 9.78. The summed E-state index contributed by atoms with van der Waals surface area (Å²) >= 11 is 5.76. The summed E-state index contributed by atoms with van der Waals surface area (Å²) in [4.78, 5) is 11.6. The number of unbranched alkanes of at least 4 members (excludes halogenated alkanes) is 3. The molecule has 1 aromatic rings. The van der Waals surface area contributed by atoms with Crippen LogP contribution in [0.3, 0.4) is 0 Å². The minimum atomic E-state index is -0.0577. The maximum atomic E-state index is 11.6. The Labute approximate surface area is 119 Å². The molecule has 0 aliphatic rings. The molecule has 0 spiro atoms. The lowest BCUT2D eigenvalue weighted by atomic mass is 10.2. The van der Waals surface area contributed by atoms with E-state index >= 15 is 0 Å². The molecule has 4 nitrogen and oxygen atoms in total. The van der Waals surface area contributed by atoms with Gasteiger partial charge in [0.1, 0.15) is 0 Å². The molecule has 0 saturated carbocycles. The molecule has 5 heteroatoms. The molecule has 1 rings (SSSR count). The SMILES string of the molecule is O=C(CNCCCCCCO)Nc1ccc(Cl)cc1. The lowest BCUT2D eigenvalue weighted by molar-refractivity contribution is -0.115. The monoisotopic (exact) mass is 284 g/mol. The van der Waals surface area contributed by atoms with E-state index in [1.165, 1.54) is 0 Å². The Kier molecular flexibility index (Phi) is 8.21. The lowest BCUT2D eigenvalue weighted by Gasteiger charge is -2.06. The Morgan fingerprint density at radius 1 is 1.11 bits per heavy atom. The first-order valence-corrected chi connectivity index (χ1v) is 6.97. The molecule has 0 saturated heterocycles. The smallest absolute Gasteiger partial charge is 0.238 e. The standard InChI is InChI=1S/C14H21ClN2O2/c15-12-5-7-13(8-6-12)17-14(19)11-16-9-3-1-2-4-10-18/h5-8,16,18H,1-4,9-11H2,(H,17,19). The van der Waals surface area contributed by atoms with Gasteiger partial charge in [0.15, 0.2) is 0 Å². The number of anilines is 1. The minimum absolute atomic E-state index is 0.0577. The molecule has 0 aromatic heterocycles. The highest BCUT2D eigenvalue weighted by Crippen LogP contribution is 2.12. The van der Waals surface area contributed by atoms with Crippen molar-refractivity contribution in [1.82, 2.24) is 5.32 Å². The fourth-order valence-corrected chi connectivity index (χ4v) is 1.78. The zero-order valence-electron chi connectivity index (χ0n) is 11.0. The largest absolute Gasteiger partial charge is 0.396 e. The van der Waals surface area contributed by atoms with Crippen LogP contribution in [-0.4, -0.2) is 30.7 Å². The molecule has 0 atom stereocenters. The van der Waals surface area contributed by atoms with Crippen LogP contribution in [0, 0.1) is 0 Å². The summed E-state index contributed by atoms with van der Waals surface area (Å²) in [7, 11) is 0. The number of aliphatic hydroxyl groups is 1. The second-order valence-electron chi connectivity index (χ2n) is 4.37. The topological polar surface area (TPSA) is 61.4 Å². The summed E-state index contributed by atoms with van der Waals surface area (Å²) < 4.78 is 0. The molecule has 0 aliphatic carbocycles. The van der Waals surface area contributed by atoms with E-state index in [-0.39, 0.29) is 12.5 Å². The lowest BCUT2D eigenvalue weighted by Crippen LogP contribution is -2.28. The van der Waals surface area contributed by atoms with Crippen LogP contribution in [0.25, 0.3) is 0 Å². The van der Waals surface area contributed by atoms with Gasteiger partial charge in [-0.05, 0) is 43.7 Å². The van der Waals surface area contributed by atoms with Crippen LogP contribution < -0.4 is 10.6 Å². The highest BCUT2D eigenvalue weighted by Gasteiger charge is 2.01. The molecule has 19 heavy (non-hydrogen) atoms. The van der Waals surface area contributed by atoms with Crippen molar-refractivity contribution in [3.63, 3.8) is 0 Å². The zero-order chi connectivity index (χ0) is 13.9. The van der Waals surface area contributed by atoms with Crippen LogP contribution in [0.4, 0.5) is 5.69 Å². The van der Waals surface area contributed by atoms with E-state index in [1.54, 1.807) is 24.3 Å². The molecular formula is C14H21ClN2O2. The van der Waals surface area contributed by atoms with Gasteiger partial charge >= 0.3 is 0 Å². The number of hydrogen-bond donors (Lipinski definition) is 3. The Hall–Kier alpha value is -1.10. The van der Waals surface area contributed by atoms with Gasteiger partial charge in [0.25, 0.3) is 0 Å². The molecular weight excluding hydrogens is 264 g/mol. The number of halogens is 1. The molecule has 0 fully saturated rings. The number of carbonyl (C=O) groups excluding carboxylic acids is 1. The van der Waals surface area contributed by atoms with Gasteiger partial charge in [-0.2, -0.15) is 0 Å². The van der Waals surface area contributed by atoms with Gasteiger partial charge < -0.3 is 15.7 Å². The van der Waals surface area contributed by atoms with Crippen LogP contribution in [-0.2, 0) is 4.79 Å². The number of rotatable bonds is 9. The van der Waals surface area contributed by atoms with Crippen molar-refractivity contribution in [3.8, 4) is 0 Å². The van der Waals surface area contributed by atoms with Crippen molar-refractivity contribution in [2.24, 2.45) is 0 Å². The highest BCUT2D eigenvalue weighted by atomic mass is 35.5. The quantitative estimate of drug-likeness (QED) is 0.610. The third kappa shape index (κ3) is 7.82. The van der Waals surface area contributed by atoms with Gasteiger partial charge in [-0.3, -0.25) is 4.79 Å². The van der Waals surface area contributed by atoms with E-state index in [4.69, 9.17) is 16.7 Å². The fourth-order valence-electron chi connectivity index (χ4n) is 1.66. The molecule has 106 valence electrons. The summed E-state index contributed by atoms with van der Waals surface area (Å²) in [5.74, 6) is -0.0577. The Morgan fingerprint density at radius 2 is 1.79 bits per heavy atom. The number of amides is 1. The molecule has 0 aliphatic heterocycles. The molecule has 1 aromatic carbocycles. The van der Waals surface area contributed by atoms with E-state index in [9.17, 15) is 4.79 Å².